The van der Waals surface area contributed by atoms with Crippen LogP contribution >= 0.6 is 0 Å². The van der Waals surface area contributed by atoms with E-state index in [0.29, 0.717) is 30.9 Å². The van der Waals surface area contributed by atoms with Crippen LogP contribution in [0.15, 0.2) is 78.9 Å². The maximum atomic E-state index is 12.7. The van der Waals surface area contributed by atoms with E-state index in [0.717, 1.165) is 62.7 Å². The van der Waals surface area contributed by atoms with Crippen LogP contribution in [0.3, 0.4) is 0 Å². The first-order chi connectivity index (χ1) is 20.8. The number of aliphatic carboxylic acids is 1. The average molecular weight is 590 g/mol. The van der Waals surface area contributed by atoms with Crippen molar-refractivity contribution in [2.75, 3.05) is 13.2 Å². The minimum absolute atomic E-state index is 0.137. The molecule has 0 saturated heterocycles. The molecule has 0 spiro atoms. The Morgan fingerprint density at radius 2 is 1.35 bits per heavy atom. The van der Waals surface area contributed by atoms with Crippen molar-refractivity contribution < 1.29 is 33.8 Å². The largest absolute Gasteiger partial charge is 0.494 e. The molecule has 3 aromatic rings. The number of hydrogen-bond donors (Lipinski definition) is 1. The highest BCUT2D eigenvalue weighted by molar-refractivity contribution is 5.92. The third kappa shape index (κ3) is 10.9. The molecule has 0 amide bonds. The molecule has 3 rings (SSSR count). The van der Waals surface area contributed by atoms with Crippen LogP contribution in [-0.2, 0) is 4.79 Å². The number of carbonyl (C=O) groups excluding carboxylic acids is 1. The average Bonchev–Trinajstić information content (AvgIpc) is 3.01. The lowest BCUT2D eigenvalue weighted by Gasteiger charge is -2.10. The minimum atomic E-state index is -0.940. The van der Waals surface area contributed by atoms with Gasteiger partial charge in [0.1, 0.15) is 11.5 Å². The number of rotatable bonds is 19. The van der Waals surface area contributed by atoms with E-state index in [9.17, 15) is 19.7 Å². The highest BCUT2D eigenvalue weighted by atomic mass is 16.6. The maximum absolute atomic E-state index is 12.7. The molecule has 0 aliphatic heterocycles. The molecule has 0 fully saturated rings. The molecule has 0 aliphatic rings. The summed E-state index contributed by atoms with van der Waals surface area (Å²) >= 11 is 0. The number of unbranched alkanes of at least 4 members (excludes halogenated alkanes) is 6. The van der Waals surface area contributed by atoms with Crippen LogP contribution in [-0.4, -0.2) is 35.2 Å². The summed E-state index contributed by atoms with van der Waals surface area (Å²) in [5.74, 6) is -0.448. The normalized spacial score (nSPS) is 10.6. The predicted octanol–water partition coefficient (Wildman–Crippen LogP) is 8.41. The Morgan fingerprint density at radius 3 is 1.95 bits per heavy atom. The summed E-state index contributed by atoms with van der Waals surface area (Å²) in [6.07, 6.45) is 8.25. The fourth-order valence-electron chi connectivity index (χ4n) is 4.33. The van der Waals surface area contributed by atoms with Gasteiger partial charge in [-0.2, -0.15) is 0 Å². The van der Waals surface area contributed by atoms with Crippen LogP contribution in [0.1, 0.15) is 75.1 Å². The summed E-state index contributed by atoms with van der Waals surface area (Å²) in [7, 11) is 0. The summed E-state index contributed by atoms with van der Waals surface area (Å²) < 4.78 is 16.9. The standard InChI is InChI=1S/C34H39NO8/c1-3-4-9-22-41-29-17-12-26(13-18-29)28-16-21-32(31(24-28)35(39)40)43-34(38)27-14-19-30(20-15-27)42-23-10-7-5-6-8-11-25(2)33(36)37/h12-21,24H,2-11,22-23H2,1H3,(H,36,37). The molecular weight excluding hydrogens is 550 g/mol. The number of nitro benzene ring substituents is 1. The van der Waals surface area contributed by atoms with E-state index < -0.39 is 16.9 Å². The van der Waals surface area contributed by atoms with Crippen molar-refractivity contribution in [3.63, 3.8) is 0 Å². The van der Waals surface area contributed by atoms with Gasteiger partial charge < -0.3 is 19.3 Å². The van der Waals surface area contributed by atoms with Crippen molar-refractivity contribution in [3.8, 4) is 28.4 Å². The number of nitrogens with zero attached hydrogens (tertiary/aromatic N) is 1. The summed E-state index contributed by atoms with van der Waals surface area (Å²) in [5, 5.41) is 20.6. The van der Waals surface area contributed by atoms with E-state index in [1.54, 1.807) is 30.3 Å². The summed E-state index contributed by atoms with van der Waals surface area (Å²) in [5.41, 5.74) is 1.57. The van der Waals surface area contributed by atoms with Crippen LogP contribution in [0.4, 0.5) is 5.69 Å². The van der Waals surface area contributed by atoms with Crippen LogP contribution in [0.25, 0.3) is 11.1 Å². The zero-order chi connectivity index (χ0) is 31.0. The smallest absolute Gasteiger partial charge is 0.343 e. The molecule has 9 nitrogen and oxygen atoms in total. The fraction of sp³-hybridized carbons (Fsp3) is 0.353. The zero-order valence-electron chi connectivity index (χ0n) is 24.6. The molecule has 43 heavy (non-hydrogen) atoms. The third-order valence-corrected chi connectivity index (χ3v) is 6.85. The van der Waals surface area contributed by atoms with Crippen molar-refractivity contribution >= 4 is 17.6 Å². The van der Waals surface area contributed by atoms with Gasteiger partial charge in [0.05, 0.1) is 23.7 Å². The minimum Gasteiger partial charge on any atom is -0.494 e. The molecule has 228 valence electrons. The van der Waals surface area contributed by atoms with Gasteiger partial charge in [-0.05, 0) is 79.3 Å². The first kappa shape index (κ1) is 32.8. The predicted molar refractivity (Wildman–Crippen MR) is 165 cm³/mol. The van der Waals surface area contributed by atoms with Crippen LogP contribution in [0.2, 0.25) is 0 Å². The molecule has 0 atom stereocenters. The molecule has 3 aromatic carbocycles. The molecule has 9 heteroatoms. The second-order valence-electron chi connectivity index (χ2n) is 10.2. The first-order valence-electron chi connectivity index (χ1n) is 14.7. The third-order valence-electron chi connectivity index (χ3n) is 6.85. The van der Waals surface area contributed by atoms with Crippen molar-refractivity contribution in [2.45, 2.75) is 64.7 Å². The van der Waals surface area contributed by atoms with E-state index in [1.165, 1.54) is 12.1 Å². The molecular formula is C34H39NO8. The van der Waals surface area contributed by atoms with Crippen molar-refractivity contribution in [1.82, 2.24) is 0 Å². The Morgan fingerprint density at radius 1 is 0.791 bits per heavy atom. The van der Waals surface area contributed by atoms with Gasteiger partial charge in [-0.1, -0.05) is 63.8 Å². The van der Waals surface area contributed by atoms with Crippen molar-refractivity contribution in [1.29, 1.82) is 0 Å². The Balaban J connectivity index is 1.49. The Kier molecular flexibility index (Phi) is 13.2. The van der Waals surface area contributed by atoms with Crippen LogP contribution < -0.4 is 14.2 Å². The molecule has 1 N–H and O–H groups in total. The van der Waals surface area contributed by atoms with Crippen LogP contribution in [0.5, 0.6) is 17.2 Å². The molecule has 0 bridgehead atoms. The Hall–Kier alpha value is -4.66. The second kappa shape index (κ2) is 17.3. The maximum Gasteiger partial charge on any atom is 0.343 e. The molecule has 0 unspecified atom stereocenters. The Labute approximate surface area is 252 Å². The molecule has 0 heterocycles. The number of benzene rings is 3. The van der Waals surface area contributed by atoms with Crippen LogP contribution in [0, 0.1) is 10.1 Å². The quantitative estimate of drug-likeness (QED) is 0.0369. The van der Waals surface area contributed by atoms with Crippen molar-refractivity contribution in [2.24, 2.45) is 0 Å². The summed E-state index contributed by atoms with van der Waals surface area (Å²) in [6.45, 7) is 6.82. The number of esters is 1. The van der Waals surface area contributed by atoms with Gasteiger partial charge in [-0.15, -0.1) is 0 Å². The molecule has 0 aliphatic carbocycles. The van der Waals surface area contributed by atoms with Gasteiger partial charge >= 0.3 is 17.6 Å². The van der Waals surface area contributed by atoms with E-state index in [2.05, 4.69) is 13.5 Å². The lowest BCUT2D eigenvalue weighted by molar-refractivity contribution is -0.385. The number of nitro groups is 1. The van der Waals surface area contributed by atoms with E-state index >= 15 is 0 Å². The number of hydrogen-bond acceptors (Lipinski definition) is 7. The van der Waals surface area contributed by atoms with E-state index in [-0.39, 0.29) is 22.6 Å². The van der Waals surface area contributed by atoms with Gasteiger partial charge in [0.15, 0.2) is 0 Å². The molecule has 0 radical (unpaired) electrons. The number of ether oxygens (including phenoxy) is 3. The highest BCUT2D eigenvalue weighted by Gasteiger charge is 2.20. The van der Waals surface area contributed by atoms with E-state index in [4.69, 9.17) is 19.3 Å². The summed E-state index contributed by atoms with van der Waals surface area (Å²) in [6, 6.07) is 18.3. The lowest BCUT2D eigenvalue weighted by atomic mass is 10.0. The fourth-order valence-corrected chi connectivity index (χ4v) is 4.33. The lowest BCUT2D eigenvalue weighted by Crippen LogP contribution is -2.10. The van der Waals surface area contributed by atoms with Gasteiger partial charge in [-0.3, -0.25) is 10.1 Å². The van der Waals surface area contributed by atoms with Crippen molar-refractivity contribution in [3.05, 3.63) is 94.6 Å². The van der Waals surface area contributed by atoms with Gasteiger partial charge in [0, 0.05) is 11.6 Å². The first-order valence-corrected chi connectivity index (χ1v) is 14.7. The van der Waals surface area contributed by atoms with Gasteiger partial charge in [-0.25, -0.2) is 9.59 Å². The second-order valence-corrected chi connectivity index (χ2v) is 10.2. The number of carbonyl (C=O) groups is 2. The zero-order valence-corrected chi connectivity index (χ0v) is 24.6. The van der Waals surface area contributed by atoms with Gasteiger partial charge in [0.2, 0.25) is 5.75 Å². The van der Waals surface area contributed by atoms with Gasteiger partial charge in [0.25, 0.3) is 0 Å². The highest BCUT2D eigenvalue weighted by Crippen LogP contribution is 2.33. The SMILES string of the molecule is C=C(CCCCCCCOc1ccc(C(=O)Oc2ccc(-c3ccc(OCCCCC)cc3)cc2[N+](=O)[O-])cc1)C(=O)O. The number of carboxylic acids is 1. The molecule has 0 aromatic heterocycles. The topological polar surface area (TPSA) is 125 Å². The van der Waals surface area contributed by atoms with E-state index in [1.807, 2.05) is 24.3 Å². The molecule has 0 saturated carbocycles. The number of carboxylic acid groups (broad SMARTS) is 1. The summed E-state index contributed by atoms with van der Waals surface area (Å²) in [4.78, 5) is 34.7. The monoisotopic (exact) mass is 589 g/mol. The Bertz CT molecular complexity index is 1370.